The first kappa shape index (κ1) is 11.3. The third kappa shape index (κ3) is 2.30. The molecule has 0 radical (unpaired) electrons. The molecule has 2 rings (SSSR count). The standard InChI is InChI=1S/C13H12O4/c1-16-13(15)8-17-12-7-3-4-9-10(12)5-2-6-11(9)14/h2-7,14H,8H2,1H3. The van der Waals surface area contributed by atoms with Crippen molar-refractivity contribution in [3.05, 3.63) is 36.4 Å². The lowest BCUT2D eigenvalue weighted by atomic mass is 10.1. The Hall–Kier alpha value is -2.23. The highest BCUT2D eigenvalue weighted by atomic mass is 16.6. The number of hydrogen-bond donors (Lipinski definition) is 1. The lowest BCUT2D eigenvalue weighted by Gasteiger charge is -2.08. The molecule has 0 amide bonds. The Morgan fingerprint density at radius 3 is 2.65 bits per heavy atom. The molecule has 2 aromatic rings. The summed E-state index contributed by atoms with van der Waals surface area (Å²) in [6.45, 7) is -0.148. The first-order valence-corrected chi connectivity index (χ1v) is 5.12. The van der Waals surface area contributed by atoms with E-state index in [1.54, 1.807) is 30.3 Å². The molecule has 0 aliphatic rings. The molecule has 88 valence electrons. The molecule has 1 N–H and O–H groups in total. The van der Waals surface area contributed by atoms with Crippen molar-refractivity contribution in [2.45, 2.75) is 0 Å². The van der Waals surface area contributed by atoms with E-state index >= 15 is 0 Å². The number of phenols is 1. The number of esters is 1. The molecule has 17 heavy (non-hydrogen) atoms. The Labute approximate surface area is 98.4 Å². The second kappa shape index (κ2) is 4.74. The van der Waals surface area contributed by atoms with Gasteiger partial charge < -0.3 is 14.6 Å². The molecule has 4 nitrogen and oxygen atoms in total. The molecule has 0 heterocycles. The summed E-state index contributed by atoms with van der Waals surface area (Å²) in [5, 5.41) is 11.1. The van der Waals surface area contributed by atoms with Gasteiger partial charge in [-0.1, -0.05) is 24.3 Å². The largest absolute Gasteiger partial charge is 0.507 e. The van der Waals surface area contributed by atoms with Crippen LogP contribution in [-0.2, 0) is 9.53 Å². The molecule has 0 fully saturated rings. The molecule has 0 aliphatic heterocycles. The predicted molar refractivity (Wildman–Crippen MR) is 63.1 cm³/mol. The van der Waals surface area contributed by atoms with Crippen LogP contribution >= 0.6 is 0 Å². The van der Waals surface area contributed by atoms with E-state index in [9.17, 15) is 9.90 Å². The fraction of sp³-hybridized carbons (Fsp3) is 0.154. The van der Waals surface area contributed by atoms with Gasteiger partial charge in [-0.05, 0) is 12.1 Å². The molecule has 0 unspecified atom stereocenters. The summed E-state index contributed by atoms with van der Waals surface area (Å²) in [5.41, 5.74) is 0. The van der Waals surface area contributed by atoms with E-state index in [2.05, 4.69) is 4.74 Å². The molecule has 0 saturated carbocycles. The SMILES string of the molecule is COC(=O)COc1cccc2c(O)cccc12. The smallest absolute Gasteiger partial charge is 0.343 e. The van der Waals surface area contributed by atoms with Crippen LogP contribution < -0.4 is 4.74 Å². The van der Waals surface area contributed by atoms with E-state index in [1.807, 2.05) is 6.07 Å². The zero-order valence-electron chi connectivity index (χ0n) is 9.34. The van der Waals surface area contributed by atoms with Crippen molar-refractivity contribution in [3.8, 4) is 11.5 Å². The summed E-state index contributed by atoms with van der Waals surface area (Å²) >= 11 is 0. The van der Waals surface area contributed by atoms with Gasteiger partial charge in [0.2, 0.25) is 0 Å². The fourth-order valence-corrected chi connectivity index (χ4v) is 1.59. The Balaban J connectivity index is 2.34. The zero-order valence-corrected chi connectivity index (χ0v) is 9.34. The second-order valence-corrected chi connectivity index (χ2v) is 3.49. The van der Waals surface area contributed by atoms with E-state index in [0.717, 1.165) is 5.39 Å². The van der Waals surface area contributed by atoms with Crippen LogP contribution in [0.1, 0.15) is 0 Å². The van der Waals surface area contributed by atoms with Gasteiger partial charge in [-0.2, -0.15) is 0 Å². The topological polar surface area (TPSA) is 55.8 Å². The number of phenolic OH excluding ortho intramolecular Hbond substituents is 1. The maximum absolute atomic E-state index is 11.0. The van der Waals surface area contributed by atoms with Crippen molar-refractivity contribution < 1.29 is 19.4 Å². The van der Waals surface area contributed by atoms with Crippen molar-refractivity contribution in [1.29, 1.82) is 0 Å². The monoisotopic (exact) mass is 232 g/mol. The molecule has 4 heteroatoms. The summed E-state index contributed by atoms with van der Waals surface area (Å²) in [7, 11) is 1.31. The lowest BCUT2D eigenvalue weighted by Crippen LogP contribution is -2.12. The van der Waals surface area contributed by atoms with E-state index in [-0.39, 0.29) is 12.4 Å². The molecule has 0 aromatic heterocycles. The van der Waals surface area contributed by atoms with E-state index in [0.29, 0.717) is 11.1 Å². The van der Waals surface area contributed by atoms with Crippen molar-refractivity contribution >= 4 is 16.7 Å². The van der Waals surface area contributed by atoms with Crippen LogP contribution in [0, 0.1) is 0 Å². The average molecular weight is 232 g/mol. The van der Waals surface area contributed by atoms with Crippen molar-refractivity contribution in [2.24, 2.45) is 0 Å². The first-order chi connectivity index (χ1) is 8.22. The minimum absolute atomic E-state index is 0.148. The number of fused-ring (bicyclic) bond motifs is 1. The van der Waals surface area contributed by atoms with E-state index < -0.39 is 5.97 Å². The number of ether oxygens (including phenoxy) is 2. The van der Waals surface area contributed by atoms with E-state index in [1.165, 1.54) is 7.11 Å². The third-order valence-electron chi connectivity index (χ3n) is 2.43. The molecule has 0 bridgehead atoms. The number of hydrogen-bond acceptors (Lipinski definition) is 4. The van der Waals surface area contributed by atoms with Gasteiger partial charge in [-0.25, -0.2) is 4.79 Å². The van der Waals surface area contributed by atoms with Gasteiger partial charge in [-0.15, -0.1) is 0 Å². The number of benzene rings is 2. The first-order valence-electron chi connectivity index (χ1n) is 5.12. The summed E-state index contributed by atoms with van der Waals surface area (Å²) in [5.74, 6) is 0.289. The summed E-state index contributed by atoms with van der Waals surface area (Å²) in [6, 6.07) is 10.4. The Morgan fingerprint density at radius 1 is 1.18 bits per heavy atom. The minimum atomic E-state index is -0.442. The fourth-order valence-electron chi connectivity index (χ4n) is 1.59. The average Bonchev–Trinajstić information content (AvgIpc) is 2.36. The van der Waals surface area contributed by atoms with Crippen molar-refractivity contribution in [2.75, 3.05) is 13.7 Å². The van der Waals surface area contributed by atoms with Crippen LogP contribution in [0.2, 0.25) is 0 Å². The van der Waals surface area contributed by atoms with Crippen LogP contribution in [-0.4, -0.2) is 24.8 Å². The van der Waals surface area contributed by atoms with Crippen LogP contribution in [0.4, 0.5) is 0 Å². The summed E-state index contributed by atoms with van der Waals surface area (Å²) in [4.78, 5) is 11.0. The van der Waals surface area contributed by atoms with Gasteiger partial charge in [0, 0.05) is 10.8 Å². The molecule has 0 spiro atoms. The van der Waals surface area contributed by atoms with Crippen LogP contribution in [0.3, 0.4) is 0 Å². The van der Waals surface area contributed by atoms with Crippen molar-refractivity contribution in [1.82, 2.24) is 0 Å². The van der Waals surface area contributed by atoms with Gasteiger partial charge in [0.15, 0.2) is 6.61 Å². The number of carbonyl (C=O) groups excluding carboxylic acids is 1. The van der Waals surface area contributed by atoms with Crippen LogP contribution in [0.25, 0.3) is 10.8 Å². The van der Waals surface area contributed by atoms with E-state index in [4.69, 9.17) is 4.74 Å². The predicted octanol–water partition coefficient (Wildman–Crippen LogP) is 2.10. The number of methoxy groups -OCH3 is 1. The summed E-state index contributed by atoms with van der Waals surface area (Å²) in [6.07, 6.45) is 0. The molecule has 0 atom stereocenters. The van der Waals surface area contributed by atoms with Gasteiger partial charge >= 0.3 is 5.97 Å². The summed E-state index contributed by atoms with van der Waals surface area (Å²) < 4.78 is 9.84. The van der Waals surface area contributed by atoms with Gasteiger partial charge in [-0.3, -0.25) is 0 Å². The zero-order chi connectivity index (χ0) is 12.3. The van der Waals surface area contributed by atoms with Crippen LogP contribution in [0.5, 0.6) is 11.5 Å². The Bertz CT molecular complexity index is 548. The molecule has 0 saturated heterocycles. The van der Waals surface area contributed by atoms with Gasteiger partial charge in [0.05, 0.1) is 7.11 Å². The lowest BCUT2D eigenvalue weighted by molar-refractivity contribution is -0.142. The Morgan fingerprint density at radius 2 is 1.88 bits per heavy atom. The van der Waals surface area contributed by atoms with Gasteiger partial charge in [0.25, 0.3) is 0 Å². The molecular weight excluding hydrogens is 220 g/mol. The molecule has 2 aromatic carbocycles. The third-order valence-corrected chi connectivity index (χ3v) is 2.43. The highest BCUT2D eigenvalue weighted by Gasteiger charge is 2.07. The van der Waals surface area contributed by atoms with Crippen molar-refractivity contribution in [3.63, 3.8) is 0 Å². The highest BCUT2D eigenvalue weighted by molar-refractivity contribution is 5.93. The maximum atomic E-state index is 11.0. The number of rotatable bonds is 3. The molecular formula is C13H12O4. The highest BCUT2D eigenvalue weighted by Crippen LogP contribution is 2.31. The second-order valence-electron chi connectivity index (χ2n) is 3.49. The number of carbonyl (C=O) groups is 1. The Kier molecular flexibility index (Phi) is 3.14. The minimum Gasteiger partial charge on any atom is -0.507 e. The van der Waals surface area contributed by atoms with Gasteiger partial charge in [0.1, 0.15) is 11.5 Å². The molecule has 0 aliphatic carbocycles. The quantitative estimate of drug-likeness (QED) is 0.823. The number of aromatic hydroxyl groups is 1. The normalized spacial score (nSPS) is 10.2. The van der Waals surface area contributed by atoms with Crippen LogP contribution in [0.15, 0.2) is 36.4 Å². The maximum Gasteiger partial charge on any atom is 0.343 e.